The summed E-state index contributed by atoms with van der Waals surface area (Å²) in [5.41, 5.74) is 2.53. The van der Waals surface area contributed by atoms with Gasteiger partial charge < -0.3 is 4.84 Å². The van der Waals surface area contributed by atoms with Gasteiger partial charge >= 0.3 is 5.97 Å². The molecule has 0 saturated heterocycles. The Bertz CT molecular complexity index is 167. The second-order valence-corrected chi connectivity index (χ2v) is 2.66. The molecule has 3 nitrogen and oxygen atoms in total. The molecule has 0 unspecified atom stereocenters. The number of nitrogens with one attached hydrogen (secondary N) is 1. The maximum Gasteiger partial charge on any atom is 0.328 e. The second-order valence-electron chi connectivity index (χ2n) is 2.66. The number of carbonyl (C=O) groups is 1. The van der Waals surface area contributed by atoms with Crippen molar-refractivity contribution in [3.8, 4) is 0 Å². The highest BCUT2D eigenvalue weighted by atomic mass is 16.7. The lowest BCUT2D eigenvalue weighted by Crippen LogP contribution is -2.20. The van der Waals surface area contributed by atoms with Gasteiger partial charge in [-0.3, -0.25) is 4.79 Å². The fraction of sp³-hybridized carbons (Fsp3) is 0.625. The lowest BCUT2D eigenvalue weighted by Gasteiger charge is -2.00. The molecule has 1 fully saturated rings. The molecule has 62 valence electrons. The Morgan fingerprint density at radius 3 is 3.09 bits per heavy atom. The molecule has 1 rings (SSSR count). The van der Waals surface area contributed by atoms with Crippen molar-refractivity contribution in [2.24, 2.45) is 11.8 Å². The Morgan fingerprint density at radius 1 is 1.91 bits per heavy atom. The second kappa shape index (κ2) is 3.53. The van der Waals surface area contributed by atoms with E-state index in [9.17, 15) is 4.79 Å². The first-order valence-electron chi connectivity index (χ1n) is 3.85. The van der Waals surface area contributed by atoms with Crippen LogP contribution in [0.2, 0.25) is 0 Å². The van der Waals surface area contributed by atoms with E-state index in [1.165, 1.54) is 0 Å². The van der Waals surface area contributed by atoms with Crippen LogP contribution in [0.1, 0.15) is 13.3 Å². The Morgan fingerprint density at radius 2 is 2.64 bits per heavy atom. The van der Waals surface area contributed by atoms with Crippen molar-refractivity contribution in [3.05, 3.63) is 12.7 Å². The zero-order valence-corrected chi connectivity index (χ0v) is 6.67. The summed E-state index contributed by atoms with van der Waals surface area (Å²) in [4.78, 5) is 15.7. The number of rotatable bonds is 4. The third-order valence-corrected chi connectivity index (χ3v) is 1.76. The topological polar surface area (TPSA) is 38.3 Å². The van der Waals surface area contributed by atoms with Crippen LogP contribution in [-0.2, 0) is 9.63 Å². The molecule has 0 spiro atoms. The minimum absolute atomic E-state index is 0.0616. The first-order chi connectivity index (χ1) is 5.29. The van der Waals surface area contributed by atoms with E-state index in [2.05, 4.69) is 12.1 Å². The number of carbonyl (C=O) groups excluding carboxylic acids is 1. The maximum absolute atomic E-state index is 11.0. The van der Waals surface area contributed by atoms with Crippen LogP contribution in [0.25, 0.3) is 0 Å². The van der Waals surface area contributed by atoms with E-state index >= 15 is 0 Å². The van der Waals surface area contributed by atoms with Gasteiger partial charge in [-0.2, -0.15) is 5.48 Å². The van der Waals surface area contributed by atoms with Gasteiger partial charge in [-0.05, 0) is 19.3 Å². The average Bonchev–Trinajstić information content (AvgIpc) is 2.78. The van der Waals surface area contributed by atoms with Gasteiger partial charge in [0.2, 0.25) is 0 Å². The first-order valence-corrected chi connectivity index (χ1v) is 3.85. The largest absolute Gasteiger partial charge is 0.370 e. The molecule has 0 amide bonds. The fourth-order valence-corrected chi connectivity index (χ4v) is 0.965. The van der Waals surface area contributed by atoms with E-state index in [1.807, 2.05) is 6.92 Å². The zero-order valence-electron chi connectivity index (χ0n) is 6.67. The van der Waals surface area contributed by atoms with E-state index in [-0.39, 0.29) is 11.9 Å². The quantitative estimate of drug-likeness (QED) is 0.483. The fourth-order valence-electron chi connectivity index (χ4n) is 0.965. The number of hydrogen-bond donors (Lipinski definition) is 1. The van der Waals surface area contributed by atoms with Gasteiger partial charge in [0.15, 0.2) is 0 Å². The molecule has 1 aliphatic rings. The molecule has 0 aromatic carbocycles. The number of allylic oxidation sites excluding steroid dienone is 1. The van der Waals surface area contributed by atoms with Crippen molar-refractivity contribution < 1.29 is 9.63 Å². The summed E-state index contributed by atoms with van der Waals surface area (Å²) in [6.45, 7) is 6.14. The monoisotopic (exact) mass is 155 g/mol. The van der Waals surface area contributed by atoms with E-state index < -0.39 is 0 Å². The third kappa shape index (κ3) is 2.05. The molecule has 0 bridgehead atoms. The Balaban J connectivity index is 2.17. The van der Waals surface area contributed by atoms with Gasteiger partial charge in [-0.15, -0.1) is 6.58 Å². The van der Waals surface area contributed by atoms with Gasteiger partial charge in [0, 0.05) is 6.54 Å². The number of hydroxylamine groups is 1. The highest BCUT2D eigenvalue weighted by Crippen LogP contribution is 2.39. The van der Waals surface area contributed by atoms with E-state index in [4.69, 9.17) is 4.84 Å². The van der Waals surface area contributed by atoms with Gasteiger partial charge in [-0.1, -0.05) is 6.08 Å². The predicted molar refractivity (Wildman–Crippen MR) is 41.6 cm³/mol. The third-order valence-electron chi connectivity index (χ3n) is 1.76. The molecule has 2 atom stereocenters. The summed E-state index contributed by atoms with van der Waals surface area (Å²) >= 11 is 0. The van der Waals surface area contributed by atoms with Gasteiger partial charge in [0.25, 0.3) is 0 Å². The summed E-state index contributed by atoms with van der Waals surface area (Å²) in [6.07, 6.45) is 2.70. The van der Waals surface area contributed by atoms with Crippen LogP contribution in [0.3, 0.4) is 0 Å². The van der Waals surface area contributed by atoms with Crippen molar-refractivity contribution in [2.75, 3.05) is 6.54 Å². The van der Waals surface area contributed by atoms with Crippen LogP contribution in [0.15, 0.2) is 12.7 Å². The highest BCUT2D eigenvalue weighted by Gasteiger charge is 2.42. The van der Waals surface area contributed by atoms with Gasteiger partial charge in [-0.25, -0.2) is 0 Å². The van der Waals surface area contributed by atoms with E-state index in [0.29, 0.717) is 12.5 Å². The molecule has 0 aromatic heterocycles. The predicted octanol–water partition coefficient (Wildman–Crippen LogP) is 0.876. The zero-order chi connectivity index (χ0) is 8.27. The van der Waals surface area contributed by atoms with Crippen molar-refractivity contribution >= 4 is 5.97 Å². The molecule has 1 saturated carbocycles. The van der Waals surface area contributed by atoms with Crippen LogP contribution in [0, 0.1) is 11.8 Å². The first kappa shape index (κ1) is 8.27. The normalized spacial score (nSPS) is 27.7. The molecule has 0 radical (unpaired) electrons. The molecule has 0 aliphatic heterocycles. The van der Waals surface area contributed by atoms with Crippen LogP contribution in [0.4, 0.5) is 0 Å². The summed E-state index contributed by atoms with van der Waals surface area (Å²) < 4.78 is 0. The van der Waals surface area contributed by atoms with Crippen LogP contribution < -0.4 is 5.48 Å². The van der Waals surface area contributed by atoms with Crippen LogP contribution >= 0.6 is 0 Å². The smallest absolute Gasteiger partial charge is 0.328 e. The summed E-state index contributed by atoms with van der Waals surface area (Å²) in [7, 11) is 0. The van der Waals surface area contributed by atoms with Gasteiger partial charge in [0.1, 0.15) is 0 Å². The van der Waals surface area contributed by atoms with Crippen LogP contribution in [0.5, 0.6) is 0 Å². The van der Waals surface area contributed by atoms with Crippen molar-refractivity contribution in [1.82, 2.24) is 5.48 Å². The minimum atomic E-state index is -0.156. The molecule has 1 N–H and O–H groups in total. The minimum Gasteiger partial charge on any atom is -0.370 e. The SMILES string of the molecule is C=C[C@@H]1C[C@@H]1C(=O)ONCC. The number of hydrogen-bond acceptors (Lipinski definition) is 3. The Hall–Kier alpha value is -0.830. The van der Waals surface area contributed by atoms with E-state index in [0.717, 1.165) is 6.42 Å². The highest BCUT2D eigenvalue weighted by molar-refractivity contribution is 5.75. The average molecular weight is 155 g/mol. The lowest BCUT2D eigenvalue weighted by molar-refractivity contribution is -0.152. The lowest BCUT2D eigenvalue weighted by atomic mass is 10.3. The molecule has 0 heterocycles. The molecule has 0 aromatic rings. The maximum atomic E-state index is 11.0. The van der Waals surface area contributed by atoms with Crippen molar-refractivity contribution in [3.63, 3.8) is 0 Å². The summed E-state index contributed by atoms with van der Waals surface area (Å²) in [6, 6.07) is 0. The van der Waals surface area contributed by atoms with E-state index in [1.54, 1.807) is 6.08 Å². The standard InChI is InChI=1S/C8H13NO2/c1-3-6-5-7(6)8(10)11-9-4-2/h3,6-7,9H,1,4-5H2,2H3/t6-,7+/m1/s1. The molecular formula is C8H13NO2. The molecule has 1 aliphatic carbocycles. The molecule has 3 heteroatoms. The Labute approximate surface area is 66.4 Å². The van der Waals surface area contributed by atoms with Crippen molar-refractivity contribution in [1.29, 1.82) is 0 Å². The molecule has 11 heavy (non-hydrogen) atoms. The summed E-state index contributed by atoms with van der Waals surface area (Å²) in [5, 5.41) is 0. The van der Waals surface area contributed by atoms with Crippen LogP contribution in [-0.4, -0.2) is 12.5 Å². The Kier molecular flexibility index (Phi) is 2.65. The van der Waals surface area contributed by atoms with Gasteiger partial charge in [0.05, 0.1) is 5.92 Å². The summed E-state index contributed by atoms with van der Waals surface area (Å²) in [5.74, 6) is 0.254. The van der Waals surface area contributed by atoms with Crippen molar-refractivity contribution in [2.45, 2.75) is 13.3 Å². The molecular weight excluding hydrogens is 142 g/mol.